The second kappa shape index (κ2) is 6.36. The highest BCUT2D eigenvalue weighted by molar-refractivity contribution is 5.78. The number of benzene rings is 2. The van der Waals surface area contributed by atoms with Crippen LogP contribution in [0.2, 0.25) is 0 Å². The number of fused-ring (bicyclic) bond motifs is 3. The van der Waals surface area contributed by atoms with E-state index in [0.717, 1.165) is 30.7 Å². The van der Waals surface area contributed by atoms with Gasteiger partial charge in [0.1, 0.15) is 5.75 Å². The zero-order chi connectivity index (χ0) is 18.4. The Bertz CT molecular complexity index is 856. The van der Waals surface area contributed by atoms with Crippen LogP contribution in [0.3, 0.4) is 0 Å². The highest BCUT2D eigenvalue weighted by atomic mass is 16.7. The lowest BCUT2D eigenvalue weighted by atomic mass is 9.71. The number of amides is 1. The molecule has 3 fully saturated rings. The van der Waals surface area contributed by atoms with Crippen molar-refractivity contribution in [3.05, 3.63) is 65.7 Å². The first-order valence-electron chi connectivity index (χ1n) is 9.63. The van der Waals surface area contributed by atoms with Crippen molar-refractivity contribution >= 4 is 5.91 Å². The van der Waals surface area contributed by atoms with Crippen molar-refractivity contribution in [2.45, 2.75) is 42.9 Å². The number of methoxy groups -OCH3 is 1. The largest absolute Gasteiger partial charge is 0.496 e. The zero-order valence-electron chi connectivity index (χ0n) is 15.4. The van der Waals surface area contributed by atoms with Gasteiger partial charge in [0, 0.05) is 24.4 Å². The molecule has 5 rings (SSSR count). The third-order valence-corrected chi connectivity index (χ3v) is 6.42. The molecular formula is C22H24N2O3. The number of ether oxygens (including phenoxy) is 1. The van der Waals surface area contributed by atoms with E-state index in [1.807, 2.05) is 30.3 Å². The van der Waals surface area contributed by atoms with Gasteiger partial charge in [-0.05, 0) is 24.5 Å². The summed E-state index contributed by atoms with van der Waals surface area (Å²) in [5.74, 6) is 1.34. The van der Waals surface area contributed by atoms with Gasteiger partial charge in [-0.15, -0.1) is 0 Å². The van der Waals surface area contributed by atoms with Crippen molar-refractivity contribution in [3.63, 3.8) is 0 Å². The van der Waals surface area contributed by atoms with Crippen molar-refractivity contribution < 1.29 is 14.4 Å². The SMILES string of the molecule is COc1ccccc1[C@H]1CN2O[C@@H]1C[C@@]21CCC(=O)N[C@H]1c1ccccc1. The molecule has 5 nitrogen and oxygen atoms in total. The van der Waals surface area contributed by atoms with E-state index < -0.39 is 0 Å². The molecule has 3 heterocycles. The van der Waals surface area contributed by atoms with Gasteiger partial charge in [-0.2, -0.15) is 5.06 Å². The molecule has 140 valence electrons. The van der Waals surface area contributed by atoms with Crippen molar-refractivity contribution in [2.75, 3.05) is 13.7 Å². The van der Waals surface area contributed by atoms with Gasteiger partial charge in [-0.25, -0.2) is 0 Å². The minimum atomic E-state index is -0.168. The van der Waals surface area contributed by atoms with E-state index in [2.05, 4.69) is 34.6 Å². The number of hydrogen-bond acceptors (Lipinski definition) is 4. The first-order valence-corrected chi connectivity index (χ1v) is 9.63. The summed E-state index contributed by atoms with van der Waals surface area (Å²) in [6.45, 7) is 0.824. The van der Waals surface area contributed by atoms with E-state index >= 15 is 0 Å². The highest BCUT2D eigenvalue weighted by Crippen LogP contribution is 2.54. The van der Waals surface area contributed by atoms with E-state index in [0.29, 0.717) is 12.3 Å². The summed E-state index contributed by atoms with van der Waals surface area (Å²) in [6, 6.07) is 18.4. The van der Waals surface area contributed by atoms with Crippen LogP contribution in [0.25, 0.3) is 0 Å². The van der Waals surface area contributed by atoms with Crippen LogP contribution in [-0.4, -0.2) is 36.3 Å². The third kappa shape index (κ3) is 2.57. The molecule has 2 aromatic carbocycles. The van der Waals surface area contributed by atoms with Gasteiger partial charge in [0.2, 0.25) is 5.91 Å². The molecule has 2 aromatic rings. The molecule has 0 aliphatic carbocycles. The maximum Gasteiger partial charge on any atom is 0.220 e. The van der Waals surface area contributed by atoms with E-state index in [9.17, 15) is 4.79 Å². The van der Waals surface area contributed by atoms with Crippen LogP contribution in [0.15, 0.2) is 54.6 Å². The topological polar surface area (TPSA) is 50.8 Å². The number of para-hydroxylation sites is 1. The Balaban J connectivity index is 1.47. The minimum absolute atomic E-state index is 0.0384. The van der Waals surface area contributed by atoms with Crippen LogP contribution < -0.4 is 10.1 Å². The molecule has 5 atom stereocenters. The summed E-state index contributed by atoms with van der Waals surface area (Å²) in [7, 11) is 1.72. The van der Waals surface area contributed by atoms with Crippen molar-refractivity contribution in [3.8, 4) is 5.75 Å². The van der Waals surface area contributed by atoms with Gasteiger partial charge >= 0.3 is 0 Å². The Morgan fingerprint density at radius 3 is 2.67 bits per heavy atom. The Morgan fingerprint density at radius 2 is 1.93 bits per heavy atom. The number of carbonyl (C=O) groups is 1. The summed E-state index contributed by atoms with van der Waals surface area (Å²) in [6.07, 6.45) is 2.40. The maximum atomic E-state index is 12.2. The van der Waals surface area contributed by atoms with Crippen LogP contribution in [0.1, 0.15) is 42.3 Å². The number of rotatable bonds is 3. The van der Waals surface area contributed by atoms with E-state index in [-0.39, 0.29) is 23.6 Å². The molecule has 3 aliphatic rings. The summed E-state index contributed by atoms with van der Waals surface area (Å²) in [5.41, 5.74) is 2.19. The molecule has 1 N–H and O–H groups in total. The van der Waals surface area contributed by atoms with Gasteiger partial charge < -0.3 is 10.1 Å². The molecule has 27 heavy (non-hydrogen) atoms. The lowest BCUT2D eigenvalue weighted by molar-refractivity contribution is -0.165. The smallest absolute Gasteiger partial charge is 0.220 e. The second-order valence-corrected chi connectivity index (χ2v) is 7.77. The molecule has 0 aromatic heterocycles. The first kappa shape index (κ1) is 16.8. The number of piperidine rings is 2. The summed E-state index contributed by atoms with van der Waals surface area (Å²) >= 11 is 0. The molecular weight excluding hydrogens is 340 g/mol. The normalized spacial score (nSPS) is 34.6. The van der Waals surface area contributed by atoms with Gasteiger partial charge in [0.25, 0.3) is 0 Å². The summed E-state index contributed by atoms with van der Waals surface area (Å²) in [4.78, 5) is 18.5. The fourth-order valence-electron chi connectivity index (χ4n) is 5.13. The Labute approximate surface area is 159 Å². The maximum absolute atomic E-state index is 12.2. The summed E-state index contributed by atoms with van der Waals surface area (Å²) in [5, 5.41) is 5.40. The van der Waals surface area contributed by atoms with Crippen molar-refractivity contribution in [1.29, 1.82) is 0 Å². The molecule has 5 heteroatoms. The lowest BCUT2D eigenvalue weighted by Gasteiger charge is -2.47. The van der Waals surface area contributed by atoms with Gasteiger partial charge in [-0.1, -0.05) is 48.5 Å². The van der Waals surface area contributed by atoms with Gasteiger partial charge in [0.15, 0.2) is 0 Å². The number of hydrogen-bond donors (Lipinski definition) is 1. The number of hydroxylamine groups is 2. The summed E-state index contributed by atoms with van der Waals surface area (Å²) < 4.78 is 5.58. The predicted octanol–water partition coefficient (Wildman–Crippen LogP) is 3.19. The van der Waals surface area contributed by atoms with Crippen LogP contribution >= 0.6 is 0 Å². The second-order valence-electron chi connectivity index (χ2n) is 7.77. The average molecular weight is 364 g/mol. The van der Waals surface area contributed by atoms with Crippen molar-refractivity contribution in [1.82, 2.24) is 10.4 Å². The van der Waals surface area contributed by atoms with Crippen LogP contribution in [0, 0.1) is 0 Å². The number of carbonyl (C=O) groups excluding carboxylic acids is 1. The molecule has 0 saturated carbocycles. The van der Waals surface area contributed by atoms with Crippen molar-refractivity contribution in [2.24, 2.45) is 0 Å². The standard InChI is InChI=1S/C22H24N2O3/c1-26-18-10-6-5-9-16(18)17-14-24-22(13-19(17)27-24)12-11-20(25)23-21(22)15-7-3-2-4-8-15/h2-10,17,19,21H,11-14H2,1H3,(H,23,25)/t17-,19-,21+,22-/m1/s1. The molecule has 1 amide bonds. The molecule has 3 aliphatic heterocycles. The average Bonchev–Trinajstić information content (AvgIpc) is 3.29. The van der Waals surface area contributed by atoms with Crippen LogP contribution in [0.4, 0.5) is 0 Å². The Kier molecular flexibility index (Phi) is 3.95. The van der Waals surface area contributed by atoms with Crippen LogP contribution in [0.5, 0.6) is 5.75 Å². The zero-order valence-corrected chi connectivity index (χ0v) is 15.4. The number of nitrogens with zero attached hydrogens (tertiary/aromatic N) is 1. The molecule has 1 unspecified atom stereocenters. The van der Waals surface area contributed by atoms with E-state index in [1.165, 1.54) is 5.56 Å². The molecule has 3 saturated heterocycles. The van der Waals surface area contributed by atoms with Crippen LogP contribution in [-0.2, 0) is 9.63 Å². The van der Waals surface area contributed by atoms with E-state index in [4.69, 9.17) is 9.57 Å². The monoisotopic (exact) mass is 364 g/mol. The Hall–Kier alpha value is -2.37. The fourth-order valence-corrected chi connectivity index (χ4v) is 5.13. The number of nitrogens with one attached hydrogen (secondary N) is 1. The van der Waals surface area contributed by atoms with Gasteiger partial charge in [-0.3, -0.25) is 9.63 Å². The molecule has 0 radical (unpaired) electrons. The van der Waals surface area contributed by atoms with Gasteiger partial charge in [0.05, 0.1) is 24.8 Å². The van der Waals surface area contributed by atoms with E-state index in [1.54, 1.807) is 7.11 Å². The molecule has 1 spiro atoms. The Morgan fingerprint density at radius 1 is 1.15 bits per heavy atom. The third-order valence-electron chi connectivity index (χ3n) is 6.42. The predicted molar refractivity (Wildman–Crippen MR) is 101 cm³/mol. The quantitative estimate of drug-likeness (QED) is 0.909. The fraction of sp³-hybridized carbons (Fsp3) is 0.409. The first-order chi connectivity index (χ1) is 13.2. The molecule has 2 bridgehead atoms. The minimum Gasteiger partial charge on any atom is -0.496 e. The highest BCUT2D eigenvalue weighted by Gasteiger charge is 2.60. The lowest BCUT2D eigenvalue weighted by Crippen LogP contribution is -2.59.